The predicted molar refractivity (Wildman–Crippen MR) is 96.5 cm³/mol. The minimum Gasteiger partial charge on any atom is -0.347 e. The molecule has 2 aliphatic carbocycles. The van der Waals surface area contributed by atoms with Crippen molar-refractivity contribution in [2.45, 2.75) is 44.2 Å². The fraction of sp³-hybridized carbons (Fsp3) is 0.389. The molecule has 1 aromatic heterocycles. The first-order valence-electron chi connectivity index (χ1n) is 7.97. The lowest BCUT2D eigenvalue weighted by molar-refractivity contribution is 0.0932. The van der Waals surface area contributed by atoms with Gasteiger partial charge in [-0.1, -0.05) is 24.3 Å². The molecule has 122 valence electrons. The van der Waals surface area contributed by atoms with E-state index in [0.29, 0.717) is 0 Å². The molecule has 0 radical (unpaired) electrons. The Morgan fingerprint density at radius 2 is 2.00 bits per heavy atom. The van der Waals surface area contributed by atoms with Gasteiger partial charge in [0.25, 0.3) is 5.91 Å². The van der Waals surface area contributed by atoms with Crippen molar-refractivity contribution < 1.29 is 4.79 Å². The summed E-state index contributed by atoms with van der Waals surface area (Å²) in [6.45, 7) is 0. The van der Waals surface area contributed by atoms with E-state index in [0.717, 1.165) is 24.8 Å². The highest BCUT2D eigenvalue weighted by Gasteiger charge is 2.31. The van der Waals surface area contributed by atoms with Crippen molar-refractivity contribution in [3.05, 3.63) is 56.8 Å². The number of amides is 1. The third kappa shape index (κ3) is 2.91. The molecule has 4 rings (SSSR count). The minimum atomic E-state index is -0.102. The maximum Gasteiger partial charge on any atom is 0.252 e. The standard InChI is InChI=1S/C18H20N2OS.ClH/c19-17-12-6-2-1-5-11(12)9-15(17)20-18(21)14-10-22-16-8-4-3-7-13(14)16;/h1-2,5-6,10,15,17H,3-4,7-9,19H2,(H,20,21);1H/t15-,17-;/m1./s1. The summed E-state index contributed by atoms with van der Waals surface area (Å²) in [6, 6.07) is 8.12. The van der Waals surface area contributed by atoms with Gasteiger partial charge in [0.2, 0.25) is 0 Å². The number of rotatable bonds is 2. The highest BCUT2D eigenvalue weighted by Crippen LogP contribution is 2.32. The molecule has 2 atom stereocenters. The molecule has 23 heavy (non-hydrogen) atoms. The SMILES string of the molecule is Cl.N[C@@H]1c2ccccc2C[C@H]1NC(=O)c1csc2c1CCCC2. The summed E-state index contributed by atoms with van der Waals surface area (Å²) in [6.07, 6.45) is 5.44. The fourth-order valence-electron chi connectivity index (χ4n) is 3.70. The number of nitrogens with two attached hydrogens (primary N) is 1. The van der Waals surface area contributed by atoms with Crippen LogP contribution in [0.3, 0.4) is 0 Å². The molecule has 3 N–H and O–H groups in total. The van der Waals surface area contributed by atoms with Crippen LogP contribution in [-0.2, 0) is 19.3 Å². The molecule has 2 aromatic rings. The first-order chi connectivity index (χ1) is 10.7. The molecule has 0 spiro atoms. The third-order valence-corrected chi connectivity index (χ3v) is 6.00. The number of aryl methyl sites for hydroxylation is 1. The Morgan fingerprint density at radius 3 is 2.83 bits per heavy atom. The van der Waals surface area contributed by atoms with Crippen molar-refractivity contribution in [1.82, 2.24) is 5.32 Å². The van der Waals surface area contributed by atoms with Crippen molar-refractivity contribution in [2.75, 3.05) is 0 Å². The van der Waals surface area contributed by atoms with Gasteiger partial charge in [-0.05, 0) is 48.8 Å². The van der Waals surface area contributed by atoms with Crippen molar-refractivity contribution >= 4 is 29.7 Å². The average Bonchev–Trinajstić information content (AvgIpc) is 3.10. The van der Waals surface area contributed by atoms with Gasteiger partial charge in [0.05, 0.1) is 17.6 Å². The monoisotopic (exact) mass is 348 g/mol. The van der Waals surface area contributed by atoms with E-state index in [1.807, 2.05) is 17.5 Å². The zero-order valence-electron chi connectivity index (χ0n) is 12.9. The first kappa shape index (κ1) is 16.5. The molecule has 0 saturated carbocycles. The Labute approximate surface area is 146 Å². The van der Waals surface area contributed by atoms with Crippen LogP contribution in [0.2, 0.25) is 0 Å². The number of benzene rings is 1. The van der Waals surface area contributed by atoms with Gasteiger partial charge >= 0.3 is 0 Å². The zero-order chi connectivity index (χ0) is 15.1. The largest absolute Gasteiger partial charge is 0.347 e. The lowest BCUT2D eigenvalue weighted by Crippen LogP contribution is -2.40. The topological polar surface area (TPSA) is 55.1 Å². The Morgan fingerprint density at radius 1 is 1.22 bits per heavy atom. The van der Waals surface area contributed by atoms with Crippen molar-refractivity contribution in [1.29, 1.82) is 0 Å². The number of thiophene rings is 1. The Kier molecular flexibility index (Phi) is 4.76. The normalized spacial score (nSPS) is 22.0. The van der Waals surface area contributed by atoms with Gasteiger partial charge in [-0.2, -0.15) is 0 Å². The van der Waals surface area contributed by atoms with Gasteiger partial charge in [-0.3, -0.25) is 4.79 Å². The lowest BCUT2D eigenvalue weighted by Gasteiger charge is -2.19. The molecule has 0 aliphatic heterocycles. The quantitative estimate of drug-likeness (QED) is 0.873. The van der Waals surface area contributed by atoms with Gasteiger partial charge < -0.3 is 11.1 Å². The number of hydrogen-bond acceptors (Lipinski definition) is 3. The molecule has 1 amide bonds. The van der Waals surface area contributed by atoms with E-state index in [-0.39, 0.29) is 30.4 Å². The summed E-state index contributed by atoms with van der Waals surface area (Å²) in [4.78, 5) is 14.1. The highest BCUT2D eigenvalue weighted by atomic mass is 35.5. The maximum atomic E-state index is 12.7. The summed E-state index contributed by atoms with van der Waals surface area (Å²) in [5, 5.41) is 5.20. The van der Waals surface area contributed by atoms with Crippen LogP contribution in [0.25, 0.3) is 0 Å². The Hall–Kier alpha value is -1.36. The summed E-state index contributed by atoms with van der Waals surface area (Å²) >= 11 is 1.73. The average molecular weight is 349 g/mol. The van der Waals surface area contributed by atoms with E-state index in [4.69, 9.17) is 5.73 Å². The molecular formula is C18H21ClN2OS. The number of carbonyl (C=O) groups excluding carboxylic acids is 1. The van der Waals surface area contributed by atoms with Gasteiger partial charge in [-0.15, -0.1) is 23.7 Å². The maximum absolute atomic E-state index is 12.7. The van der Waals surface area contributed by atoms with Gasteiger partial charge in [0.15, 0.2) is 0 Å². The molecule has 5 heteroatoms. The fourth-order valence-corrected chi connectivity index (χ4v) is 4.82. The molecule has 1 heterocycles. The zero-order valence-corrected chi connectivity index (χ0v) is 14.5. The van der Waals surface area contributed by atoms with Crippen molar-refractivity contribution in [3.8, 4) is 0 Å². The number of hydrogen-bond donors (Lipinski definition) is 2. The Balaban J connectivity index is 0.00000156. The first-order valence-corrected chi connectivity index (χ1v) is 8.85. The highest BCUT2D eigenvalue weighted by molar-refractivity contribution is 7.10. The Bertz CT molecular complexity index is 728. The van der Waals surface area contributed by atoms with Gasteiger partial charge in [-0.25, -0.2) is 0 Å². The van der Waals surface area contributed by atoms with E-state index >= 15 is 0 Å². The van der Waals surface area contributed by atoms with E-state index in [9.17, 15) is 4.79 Å². The van der Waals surface area contributed by atoms with Gasteiger partial charge in [0, 0.05) is 10.3 Å². The number of fused-ring (bicyclic) bond motifs is 2. The summed E-state index contributed by atoms with van der Waals surface area (Å²) in [5.74, 6) is 0.0488. The van der Waals surface area contributed by atoms with Crippen LogP contribution < -0.4 is 11.1 Å². The molecule has 0 fully saturated rings. The second-order valence-electron chi connectivity index (χ2n) is 6.27. The van der Waals surface area contributed by atoms with E-state index in [2.05, 4.69) is 17.4 Å². The number of carbonyl (C=O) groups is 1. The van der Waals surface area contributed by atoms with Crippen molar-refractivity contribution in [3.63, 3.8) is 0 Å². The molecule has 3 nitrogen and oxygen atoms in total. The van der Waals surface area contributed by atoms with Gasteiger partial charge in [0.1, 0.15) is 0 Å². The molecule has 1 aromatic carbocycles. The molecule has 0 unspecified atom stereocenters. The van der Waals surface area contributed by atoms with Crippen LogP contribution in [0.1, 0.15) is 50.8 Å². The predicted octanol–water partition coefficient (Wildman–Crippen LogP) is 3.40. The second-order valence-corrected chi connectivity index (χ2v) is 7.23. The second kappa shape index (κ2) is 6.63. The van der Waals surface area contributed by atoms with E-state index < -0.39 is 0 Å². The molecular weight excluding hydrogens is 328 g/mol. The number of nitrogens with one attached hydrogen (secondary N) is 1. The minimum absolute atomic E-state index is 0. The summed E-state index contributed by atoms with van der Waals surface area (Å²) < 4.78 is 0. The van der Waals surface area contributed by atoms with Crippen molar-refractivity contribution in [2.24, 2.45) is 5.73 Å². The molecule has 0 saturated heterocycles. The van der Waals surface area contributed by atoms with Crippen LogP contribution in [0.4, 0.5) is 0 Å². The van der Waals surface area contributed by atoms with E-state index in [1.165, 1.54) is 34.4 Å². The number of halogens is 1. The van der Waals surface area contributed by atoms with Crippen LogP contribution in [0.15, 0.2) is 29.6 Å². The summed E-state index contributed by atoms with van der Waals surface area (Å²) in [5.41, 5.74) is 10.9. The van der Waals surface area contributed by atoms with Crippen LogP contribution in [0, 0.1) is 0 Å². The van der Waals surface area contributed by atoms with Crippen LogP contribution in [-0.4, -0.2) is 11.9 Å². The molecule has 2 aliphatic rings. The van der Waals surface area contributed by atoms with Crippen LogP contribution >= 0.6 is 23.7 Å². The lowest BCUT2D eigenvalue weighted by atomic mass is 9.95. The van der Waals surface area contributed by atoms with Crippen LogP contribution in [0.5, 0.6) is 0 Å². The third-order valence-electron chi connectivity index (χ3n) is 4.91. The summed E-state index contributed by atoms with van der Waals surface area (Å²) in [7, 11) is 0. The molecule has 0 bridgehead atoms. The van der Waals surface area contributed by atoms with E-state index in [1.54, 1.807) is 11.3 Å². The smallest absolute Gasteiger partial charge is 0.252 e.